The van der Waals surface area contributed by atoms with E-state index in [4.69, 9.17) is 15.6 Å². The number of nitriles is 1. The van der Waals surface area contributed by atoms with E-state index in [1.807, 2.05) is 6.07 Å². The molecule has 1 fully saturated rings. The summed E-state index contributed by atoms with van der Waals surface area (Å²) in [5.41, 5.74) is 4.13. The third-order valence-electron chi connectivity index (χ3n) is 3.50. The first-order valence-electron chi connectivity index (χ1n) is 6.05. The predicted molar refractivity (Wildman–Crippen MR) is 67.3 cm³/mol. The SMILES string of the molecule is N#C[C@@]1(n2cnc3c(N)ncnc32)O[C@H](CO)[C@@H](O)[C@H]1O. The number of hydrogen-bond donors (Lipinski definition) is 4. The van der Waals surface area contributed by atoms with E-state index in [0.717, 1.165) is 0 Å². The molecule has 21 heavy (non-hydrogen) atoms. The van der Waals surface area contributed by atoms with E-state index in [0.29, 0.717) is 0 Å². The maximum atomic E-state index is 10.2. The number of aliphatic hydroxyl groups excluding tert-OH is 3. The molecule has 2 aromatic rings. The fourth-order valence-electron chi connectivity index (χ4n) is 2.39. The molecule has 3 heterocycles. The molecule has 1 aliphatic heterocycles. The molecule has 5 N–H and O–H groups in total. The molecule has 2 aromatic heterocycles. The zero-order valence-electron chi connectivity index (χ0n) is 10.7. The number of aromatic nitrogens is 4. The van der Waals surface area contributed by atoms with Gasteiger partial charge in [-0.1, -0.05) is 0 Å². The van der Waals surface area contributed by atoms with Crippen LogP contribution in [-0.2, 0) is 10.5 Å². The summed E-state index contributed by atoms with van der Waals surface area (Å²) in [6.07, 6.45) is -1.72. The van der Waals surface area contributed by atoms with Crippen molar-refractivity contribution in [1.82, 2.24) is 19.5 Å². The summed E-state index contributed by atoms with van der Waals surface area (Å²) >= 11 is 0. The smallest absolute Gasteiger partial charge is 0.266 e. The summed E-state index contributed by atoms with van der Waals surface area (Å²) in [6, 6.07) is 1.81. The van der Waals surface area contributed by atoms with Gasteiger partial charge in [0.05, 0.1) is 6.61 Å². The molecule has 0 spiro atoms. The lowest BCUT2D eigenvalue weighted by atomic mass is 10.0. The number of anilines is 1. The van der Waals surface area contributed by atoms with Gasteiger partial charge in [-0.25, -0.2) is 15.0 Å². The minimum Gasteiger partial charge on any atom is -0.394 e. The lowest BCUT2D eigenvalue weighted by Gasteiger charge is -2.25. The Morgan fingerprint density at radius 3 is 2.81 bits per heavy atom. The van der Waals surface area contributed by atoms with Crippen LogP contribution < -0.4 is 5.73 Å². The minimum atomic E-state index is -1.96. The van der Waals surface area contributed by atoms with Gasteiger partial charge in [-0.3, -0.25) is 4.57 Å². The van der Waals surface area contributed by atoms with Crippen molar-refractivity contribution in [1.29, 1.82) is 5.26 Å². The Labute approximate surface area is 118 Å². The van der Waals surface area contributed by atoms with Crippen molar-refractivity contribution in [2.75, 3.05) is 12.3 Å². The fraction of sp³-hybridized carbons (Fsp3) is 0.455. The van der Waals surface area contributed by atoms with Crippen LogP contribution in [0.5, 0.6) is 0 Å². The van der Waals surface area contributed by atoms with Crippen molar-refractivity contribution in [3.8, 4) is 6.07 Å². The summed E-state index contributed by atoms with van der Waals surface area (Å²) in [5, 5.41) is 38.7. The first-order valence-corrected chi connectivity index (χ1v) is 6.05. The highest BCUT2D eigenvalue weighted by Gasteiger charge is 2.57. The summed E-state index contributed by atoms with van der Waals surface area (Å²) in [6.45, 7) is -0.550. The zero-order chi connectivity index (χ0) is 15.2. The Morgan fingerprint density at radius 1 is 1.43 bits per heavy atom. The highest BCUT2D eigenvalue weighted by Crippen LogP contribution is 2.37. The van der Waals surface area contributed by atoms with Crippen molar-refractivity contribution in [2.24, 2.45) is 0 Å². The average Bonchev–Trinajstić information content (AvgIpc) is 3.03. The van der Waals surface area contributed by atoms with Crippen LogP contribution in [0.2, 0.25) is 0 Å². The van der Waals surface area contributed by atoms with Crippen LogP contribution in [-0.4, -0.2) is 59.8 Å². The lowest BCUT2D eigenvalue weighted by molar-refractivity contribution is -0.104. The van der Waals surface area contributed by atoms with Gasteiger partial charge in [0.15, 0.2) is 11.5 Å². The van der Waals surface area contributed by atoms with Crippen molar-refractivity contribution in [3.05, 3.63) is 12.7 Å². The Bertz CT molecular complexity index is 727. The van der Waals surface area contributed by atoms with Gasteiger partial charge in [-0.2, -0.15) is 5.26 Å². The van der Waals surface area contributed by atoms with Crippen LogP contribution in [0.15, 0.2) is 12.7 Å². The van der Waals surface area contributed by atoms with Crippen LogP contribution in [0, 0.1) is 11.3 Å². The molecular formula is C11H12N6O4. The Kier molecular flexibility index (Phi) is 2.99. The molecule has 0 aromatic carbocycles. The number of nitrogens with zero attached hydrogens (tertiary/aromatic N) is 5. The van der Waals surface area contributed by atoms with E-state index in [9.17, 15) is 15.5 Å². The van der Waals surface area contributed by atoms with Crippen molar-refractivity contribution in [3.63, 3.8) is 0 Å². The maximum absolute atomic E-state index is 10.2. The molecule has 0 unspecified atom stereocenters. The molecule has 110 valence electrons. The van der Waals surface area contributed by atoms with E-state index in [2.05, 4.69) is 15.0 Å². The largest absolute Gasteiger partial charge is 0.394 e. The molecule has 0 bridgehead atoms. The number of aliphatic hydroxyl groups is 3. The van der Waals surface area contributed by atoms with E-state index >= 15 is 0 Å². The van der Waals surface area contributed by atoms with Gasteiger partial charge in [0, 0.05) is 0 Å². The highest BCUT2D eigenvalue weighted by molar-refractivity contribution is 5.81. The monoisotopic (exact) mass is 292 g/mol. The number of nitrogen functional groups attached to an aromatic ring is 1. The average molecular weight is 292 g/mol. The molecule has 4 atom stereocenters. The molecule has 0 radical (unpaired) electrons. The predicted octanol–water partition coefficient (Wildman–Crippen LogP) is -2.30. The number of hydrogen-bond acceptors (Lipinski definition) is 9. The third kappa shape index (κ3) is 1.69. The molecule has 1 aliphatic rings. The van der Waals surface area contributed by atoms with Crippen LogP contribution in [0.25, 0.3) is 11.2 Å². The fourth-order valence-corrected chi connectivity index (χ4v) is 2.39. The van der Waals surface area contributed by atoms with Crippen LogP contribution in [0.1, 0.15) is 0 Å². The highest BCUT2D eigenvalue weighted by atomic mass is 16.6. The number of imidazole rings is 1. The molecule has 3 rings (SSSR count). The second-order valence-corrected chi connectivity index (χ2v) is 4.63. The summed E-state index contributed by atoms with van der Waals surface area (Å²) in [5.74, 6) is 0.110. The van der Waals surface area contributed by atoms with E-state index in [1.54, 1.807) is 0 Å². The number of rotatable bonds is 2. The van der Waals surface area contributed by atoms with Gasteiger partial charge in [0.2, 0.25) is 0 Å². The summed E-state index contributed by atoms with van der Waals surface area (Å²) < 4.78 is 6.55. The molecule has 10 nitrogen and oxygen atoms in total. The van der Waals surface area contributed by atoms with Gasteiger partial charge in [0.25, 0.3) is 5.72 Å². The van der Waals surface area contributed by atoms with E-state index in [1.165, 1.54) is 17.2 Å². The second-order valence-electron chi connectivity index (χ2n) is 4.63. The Morgan fingerprint density at radius 2 is 2.19 bits per heavy atom. The van der Waals surface area contributed by atoms with Gasteiger partial charge in [-0.05, 0) is 0 Å². The summed E-state index contributed by atoms with van der Waals surface area (Å²) in [7, 11) is 0. The number of fused-ring (bicyclic) bond motifs is 1. The third-order valence-corrected chi connectivity index (χ3v) is 3.50. The lowest BCUT2D eigenvalue weighted by Crippen LogP contribution is -2.44. The maximum Gasteiger partial charge on any atom is 0.266 e. The first kappa shape index (κ1) is 13.7. The van der Waals surface area contributed by atoms with Crippen molar-refractivity contribution >= 4 is 17.0 Å². The Balaban J connectivity index is 2.20. The van der Waals surface area contributed by atoms with Gasteiger partial charge in [-0.15, -0.1) is 0 Å². The van der Waals surface area contributed by atoms with Crippen LogP contribution in [0.3, 0.4) is 0 Å². The molecule has 1 saturated heterocycles. The van der Waals surface area contributed by atoms with Crippen LogP contribution >= 0.6 is 0 Å². The molecule has 10 heteroatoms. The van der Waals surface area contributed by atoms with Crippen molar-refractivity contribution in [2.45, 2.75) is 24.0 Å². The van der Waals surface area contributed by atoms with Crippen molar-refractivity contribution < 1.29 is 20.1 Å². The number of nitrogens with two attached hydrogens (primary N) is 1. The Hall–Kier alpha value is -2.32. The summed E-state index contributed by atoms with van der Waals surface area (Å²) in [4.78, 5) is 11.7. The molecule has 0 amide bonds. The van der Waals surface area contributed by atoms with E-state index < -0.39 is 30.6 Å². The van der Waals surface area contributed by atoms with Crippen LogP contribution in [0.4, 0.5) is 5.82 Å². The topological polar surface area (TPSA) is 163 Å². The minimum absolute atomic E-state index is 0.110. The zero-order valence-corrected chi connectivity index (χ0v) is 10.7. The van der Waals surface area contributed by atoms with Gasteiger partial charge in [0.1, 0.15) is 42.6 Å². The van der Waals surface area contributed by atoms with Gasteiger partial charge >= 0.3 is 0 Å². The molecule has 0 saturated carbocycles. The normalized spacial score (nSPS) is 32.4. The molecular weight excluding hydrogens is 280 g/mol. The number of ether oxygens (including phenoxy) is 1. The molecule has 0 aliphatic carbocycles. The quantitative estimate of drug-likeness (QED) is 0.476. The van der Waals surface area contributed by atoms with Gasteiger partial charge < -0.3 is 25.8 Å². The second kappa shape index (κ2) is 4.61. The standard InChI is InChI=1S/C11H12N6O4/c12-2-11(8(20)7(19)5(1-18)21-11)17-4-16-6-9(13)14-3-15-10(6)17/h3-5,7-8,18-20H,1H2,(H2,13,14,15)/t5-,7-,8-,11-/m1/s1. The van der Waals surface area contributed by atoms with E-state index in [-0.39, 0.29) is 17.0 Å². The first-order chi connectivity index (χ1) is 10.0.